The molecule has 1 N–H and O–H groups in total. The van der Waals surface area contributed by atoms with Crippen molar-refractivity contribution in [2.24, 2.45) is 0 Å². The molecule has 0 spiro atoms. The van der Waals surface area contributed by atoms with Gasteiger partial charge in [-0.3, -0.25) is 0 Å². The van der Waals surface area contributed by atoms with Crippen molar-refractivity contribution in [3.63, 3.8) is 0 Å². The summed E-state index contributed by atoms with van der Waals surface area (Å²) in [5.41, 5.74) is 0.0630. The first-order valence-corrected chi connectivity index (χ1v) is 7.12. The largest absolute Gasteiger partial charge is 0.312 e. The van der Waals surface area contributed by atoms with Gasteiger partial charge in [0.1, 0.15) is 21.5 Å². The van der Waals surface area contributed by atoms with Crippen LogP contribution in [-0.2, 0) is 9.84 Å². The van der Waals surface area contributed by atoms with E-state index < -0.39 is 27.5 Å². The number of halogens is 2. The first-order valence-electron chi connectivity index (χ1n) is 5.05. The molecule has 0 aliphatic rings. The summed E-state index contributed by atoms with van der Waals surface area (Å²) in [7, 11) is -1.86. The molecule has 0 aromatic heterocycles. The highest BCUT2D eigenvalue weighted by Crippen LogP contribution is 2.24. The van der Waals surface area contributed by atoms with Crippen molar-refractivity contribution < 1.29 is 17.2 Å². The minimum Gasteiger partial charge on any atom is -0.312 e. The minimum atomic E-state index is -3.33. The van der Waals surface area contributed by atoms with Gasteiger partial charge in [-0.25, -0.2) is 17.2 Å². The number of hydrogen-bond acceptors (Lipinski definition) is 3. The molecule has 0 fully saturated rings. The van der Waals surface area contributed by atoms with Crippen molar-refractivity contribution in [2.75, 3.05) is 19.1 Å². The van der Waals surface area contributed by atoms with Crippen LogP contribution in [0.2, 0.25) is 0 Å². The maximum atomic E-state index is 13.8. The number of hydrogen-bond donors (Lipinski definition) is 1. The average molecular weight is 263 g/mol. The van der Waals surface area contributed by atoms with E-state index >= 15 is 0 Å². The zero-order valence-corrected chi connectivity index (χ0v) is 10.7. The third kappa shape index (κ3) is 3.47. The molecule has 0 saturated carbocycles. The number of rotatable bonds is 4. The van der Waals surface area contributed by atoms with Gasteiger partial charge in [0.2, 0.25) is 0 Å². The number of sulfone groups is 1. The van der Waals surface area contributed by atoms with Crippen LogP contribution in [0.25, 0.3) is 0 Å². The SMILES string of the molecule is CNC(CS(C)(=O)=O)c1c(F)ccc(C)c1F. The van der Waals surface area contributed by atoms with Gasteiger partial charge in [0, 0.05) is 11.8 Å². The van der Waals surface area contributed by atoms with Crippen molar-refractivity contribution in [2.45, 2.75) is 13.0 Å². The fourth-order valence-electron chi connectivity index (χ4n) is 1.61. The molecule has 3 nitrogen and oxygen atoms in total. The van der Waals surface area contributed by atoms with Gasteiger partial charge >= 0.3 is 0 Å². The molecule has 0 aliphatic carbocycles. The Morgan fingerprint density at radius 2 is 1.94 bits per heavy atom. The molecule has 1 rings (SSSR count). The predicted octanol–water partition coefficient (Wildman–Crippen LogP) is 1.58. The Morgan fingerprint density at radius 1 is 1.35 bits per heavy atom. The van der Waals surface area contributed by atoms with E-state index in [4.69, 9.17) is 0 Å². The summed E-state index contributed by atoms with van der Waals surface area (Å²) < 4.78 is 49.8. The summed E-state index contributed by atoms with van der Waals surface area (Å²) in [6.07, 6.45) is 1.03. The molecular weight excluding hydrogens is 248 g/mol. The van der Waals surface area contributed by atoms with Crippen LogP contribution in [0, 0.1) is 18.6 Å². The van der Waals surface area contributed by atoms with E-state index in [0.29, 0.717) is 0 Å². The van der Waals surface area contributed by atoms with Gasteiger partial charge in [-0.15, -0.1) is 0 Å². The van der Waals surface area contributed by atoms with Crippen LogP contribution in [-0.4, -0.2) is 27.5 Å². The first-order chi connectivity index (χ1) is 7.76. The van der Waals surface area contributed by atoms with Gasteiger partial charge in [0.25, 0.3) is 0 Å². The second-order valence-electron chi connectivity index (χ2n) is 4.03. The van der Waals surface area contributed by atoms with Gasteiger partial charge in [0.05, 0.1) is 11.8 Å². The van der Waals surface area contributed by atoms with E-state index in [2.05, 4.69) is 5.32 Å². The lowest BCUT2D eigenvalue weighted by Gasteiger charge is -2.18. The van der Waals surface area contributed by atoms with Crippen molar-refractivity contribution in [3.05, 3.63) is 34.9 Å². The first kappa shape index (κ1) is 14.1. The molecule has 1 aromatic rings. The number of benzene rings is 1. The molecule has 96 valence electrons. The predicted molar refractivity (Wildman–Crippen MR) is 62.6 cm³/mol. The lowest BCUT2D eigenvalue weighted by molar-refractivity contribution is 0.502. The Labute approximate surface area is 99.8 Å². The Balaban J connectivity index is 3.25. The summed E-state index contributed by atoms with van der Waals surface area (Å²) >= 11 is 0. The molecular formula is C11H15F2NO2S. The number of aryl methyl sites for hydroxylation is 1. The second-order valence-corrected chi connectivity index (χ2v) is 6.21. The molecule has 0 radical (unpaired) electrons. The molecule has 0 saturated heterocycles. The monoisotopic (exact) mass is 263 g/mol. The zero-order chi connectivity index (χ0) is 13.2. The maximum absolute atomic E-state index is 13.8. The van der Waals surface area contributed by atoms with Crippen LogP contribution in [0.1, 0.15) is 17.2 Å². The van der Waals surface area contributed by atoms with Gasteiger partial charge in [-0.2, -0.15) is 0 Å². The van der Waals surface area contributed by atoms with E-state index in [-0.39, 0.29) is 16.9 Å². The Kier molecular flexibility index (Phi) is 4.21. The van der Waals surface area contributed by atoms with E-state index in [1.807, 2.05) is 0 Å². The summed E-state index contributed by atoms with van der Waals surface area (Å²) in [6.45, 7) is 1.51. The van der Waals surface area contributed by atoms with Crippen LogP contribution < -0.4 is 5.32 Å². The molecule has 0 heterocycles. The lowest BCUT2D eigenvalue weighted by Crippen LogP contribution is -2.26. The minimum absolute atomic E-state index is 0.224. The molecule has 1 unspecified atom stereocenters. The fraction of sp³-hybridized carbons (Fsp3) is 0.455. The summed E-state index contributed by atoms with van der Waals surface area (Å²) in [4.78, 5) is 0. The second kappa shape index (κ2) is 5.10. The van der Waals surface area contributed by atoms with Crippen molar-refractivity contribution >= 4 is 9.84 Å². The van der Waals surface area contributed by atoms with E-state index in [1.54, 1.807) is 0 Å². The third-order valence-electron chi connectivity index (χ3n) is 2.49. The standard InChI is InChI=1S/C11H15F2NO2S/c1-7-4-5-8(12)10(11(7)13)9(14-2)6-17(3,15)16/h4-5,9,14H,6H2,1-3H3. The Hall–Kier alpha value is -1.01. The van der Waals surface area contributed by atoms with Gasteiger partial charge in [-0.1, -0.05) is 6.07 Å². The number of nitrogens with one attached hydrogen (secondary N) is 1. The van der Waals surface area contributed by atoms with Gasteiger partial charge in [0.15, 0.2) is 0 Å². The Morgan fingerprint density at radius 3 is 2.41 bits per heavy atom. The maximum Gasteiger partial charge on any atom is 0.149 e. The van der Waals surface area contributed by atoms with Crippen molar-refractivity contribution in [3.8, 4) is 0 Å². The molecule has 0 bridgehead atoms. The molecule has 17 heavy (non-hydrogen) atoms. The highest BCUT2D eigenvalue weighted by Gasteiger charge is 2.23. The summed E-state index contributed by atoms with van der Waals surface area (Å²) in [5, 5.41) is 2.62. The normalized spacial score (nSPS) is 13.7. The summed E-state index contributed by atoms with van der Waals surface area (Å²) in [5.74, 6) is -1.79. The van der Waals surface area contributed by atoms with E-state index in [1.165, 1.54) is 20.0 Å². The molecule has 0 aliphatic heterocycles. The van der Waals surface area contributed by atoms with Crippen LogP contribution in [0.15, 0.2) is 12.1 Å². The highest BCUT2D eigenvalue weighted by atomic mass is 32.2. The van der Waals surface area contributed by atoms with Gasteiger partial charge in [-0.05, 0) is 25.6 Å². The highest BCUT2D eigenvalue weighted by molar-refractivity contribution is 7.90. The fourth-order valence-corrected chi connectivity index (χ4v) is 2.55. The van der Waals surface area contributed by atoms with Crippen molar-refractivity contribution in [1.29, 1.82) is 0 Å². The van der Waals surface area contributed by atoms with Crippen LogP contribution in [0.3, 0.4) is 0 Å². The smallest absolute Gasteiger partial charge is 0.149 e. The topological polar surface area (TPSA) is 46.2 Å². The summed E-state index contributed by atoms with van der Waals surface area (Å²) in [6, 6.07) is 1.58. The zero-order valence-electron chi connectivity index (χ0n) is 9.92. The molecule has 1 aromatic carbocycles. The van der Waals surface area contributed by atoms with Crippen LogP contribution in [0.5, 0.6) is 0 Å². The molecule has 1 atom stereocenters. The van der Waals surface area contributed by atoms with Crippen LogP contribution >= 0.6 is 0 Å². The molecule has 0 amide bonds. The molecule has 6 heteroatoms. The van der Waals surface area contributed by atoms with Gasteiger partial charge < -0.3 is 5.32 Å². The Bertz CT molecular complexity index is 514. The average Bonchev–Trinajstić information content (AvgIpc) is 2.21. The van der Waals surface area contributed by atoms with E-state index in [0.717, 1.165) is 12.3 Å². The lowest BCUT2D eigenvalue weighted by atomic mass is 10.0. The van der Waals surface area contributed by atoms with Crippen molar-refractivity contribution in [1.82, 2.24) is 5.32 Å². The van der Waals surface area contributed by atoms with Crippen LogP contribution in [0.4, 0.5) is 8.78 Å². The third-order valence-corrected chi connectivity index (χ3v) is 3.42. The quantitative estimate of drug-likeness (QED) is 0.897. The van der Waals surface area contributed by atoms with E-state index in [9.17, 15) is 17.2 Å².